The summed E-state index contributed by atoms with van der Waals surface area (Å²) in [5.41, 5.74) is 1.20. The van der Waals surface area contributed by atoms with Gasteiger partial charge in [-0.25, -0.2) is 0 Å². The molecule has 96 valence electrons. The summed E-state index contributed by atoms with van der Waals surface area (Å²) in [5.74, 6) is 0.978. The SMILES string of the molecule is CC[C@H](C)Oc1ccccc1CNCCOC. The first-order chi connectivity index (χ1) is 8.27. The van der Waals surface area contributed by atoms with Gasteiger partial charge in [-0.2, -0.15) is 0 Å². The average Bonchev–Trinajstić information content (AvgIpc) is 2.36. The van der Waals surface area contributed by atoms with Crippen LogP contribution in [0, 0.1) is 0 Å². The van der Waals surface area contributed by atoms with Gasteiger partial charge in [0.05, 0.1) is 12.7 Å². The zero-order valence-electron chi connectivity index (χ0n) is 11.0. The molecule has 1 atom stereocenters. The normalized spacial score (nSPS) is 12.4. The van der Waals surface area contributed by atoms with Crippen LogP contribution in [0.25, 0.3) is 0 Å². The van der Waals surface area contributed by atoms with Gasteiger partial charge in [-0.1, -0.05) is 25.1 Å². The van der Waals surface area contributed by atoms with Crippen molar-refractivity contribution in [2.45, 2.75) is 32.9 Å². The smallest absolute Gasteiger partial charge is 0.124 e. The van der Waals surface area contributed by atoms with E-state index in [1.54, 1.807) is 7.11 Å². The van der Waals surface area contributed by atoms with E-state index in [0.717, 1.165) is 31.9 Å². The van der Waals surface area contributed by atoms with Gasteiger partial charge in [0, 0.05) is 25.8 Å². The first kappa shape index (κ1) is 14.0. The molecule has 0 radical (unpaired) electrons. The Labute approximate surface area is 104 Å². The monoisotopic (exact) mass is 237 g/mol. The highest BCUT2D eigenvalue weighted by Gasteiger charge is 2.05. The Morgan fingerprint density at radius 2 is 2.06 bits per heavy atom. The van der Waals surface area contributed by atoms with Crippen molar-refractivity contribution < 1.29 is 9.47 Å². The number of hydrogen-bond donors (Lipinski definition) is 1. The highest BCUT2D eigenvalue weighted by atomic mass is 16.5. The summed E-state index contributed by atoms with van der Waals surface area (Å²) in [7, 11) is 1.71. The van der Waals surface area contributed by atoms with Crippen LogP contribution in [0.1, 0.15) is 25.8 Å². The van der Waals surface area contributed by atoms with E-state index in [4.69, 9.17) is 9.47 Å². The maximum absolute atomic E-state index is 5.88. The summed E-state index contributed by atoms with van der Waals surface area (Å²) in [6, 6.07) is 8.17. The van der Waals surface area contributed by atoms with Crippen molar-refractivity contribution in [1.82, 2.24) is 5.32 Å². The van der Waals surface area contributed by atoms with Crippen LogP contribution < -0.4 is 10.1 Å². The predicted molar refractivity (Wildman–Crippen MR) is 70.4 cm³/mol. The number of methoxy groups -OCH3 is 1. The molecule has 0 saturated carbocycles. The third-order valence-corrected chi connectivity index (χ3v) is 2.67. The second-order valence-corrected chi connectivity index (χ2v) is 4.11. The first-order valence-corrected chi connectivity index (χ1v) is 6.22. The molecule has 3 nitrogen and oxygen atoms in total. The molecule has 0 aromatic heterocycles. The van der Waals surface area contributed by atoms with Gasteiger partial charge in [0.2, 0.25) is 0 Å². The number of para-hydroxylation sites is 1. The molecule has 17 heavy (non-hydrogen) atoms. The molecule has 0 unspecified atom stereocenters. The van der Waals surface area contributed by atoms with Crippen LogP contribution in [-0.2, 0) is 11.3 Å². The predicted octanol–water partition coefficient (Wildman–Crippen LogP) is 2.60. The minimum absolute atomic E-state index is 0.259. The lowest BCUT2D eigenvalue weighted by molar-refractivity contribution is 0.198. The summed E-state index contributed by atoms with van der Waals surface area (Å²) >= 11 is 0. The van der Waals surface area contributed by atoms with Gasteiger partial charge in [0.25, 0.3) is 0 Å². The maximum Gasteiger partial charge on any atom is 0.124 e. The molecule has 0 aliphatic carbocycles. The standard InChI is InChI=1S/C14H23NO2/c1-4-12(2)17-14-8-6-5-7-13(14)11-15-9-10-16-3/h5-8,12,15H,4,9-11H2,1-3H3/t12-/m0/s1. The van der Waals surface area contributed by atoms with E-state index in [0.29, 0.717) is 0 Å². The van der Waals surface area contributed by atoms with E-state index >= 15 is 0 Å². The fraction of sp³-hybridized carbons (Fsp3) is 0.571. The molecular weight excluding hydrogens is 214 g/mol. The number of benzene rings is 1. The Hall–Kier alpha value is -1.06. The van der Waals surface area contributed by atoms with Crippen LogP contribution in [0.4, 0.5) is 0 Å². The fourth-order valence-corrected chi connectivity index (χ4v) is 1.46. The molecule has 1 rings (SSSR count). The van der Waals surface area contributed by atoms with Crippen LogP contribution >= 0.6 is 0 Å². The highest BCUT2D eigenvalue weighted by molar-refractivity contribution is 5.33. The van der Waals surface area contributed by atoms with E-state index in [-0.39, 0.29) is 6.10 Å². The second kappa shape index (κ2) is 8.09. The Morgan fingerprint density at radius 1 is 1.29 bits per heavy atom. The molecule has 0 heterocycles. The molecule has 1 aromatic rings. The van der Waals surface area contributed by atoms with Crippen molar-refractivity contribution in [1.29, 1.82) is 0 Å². The van der Waals surface area contributed by atoms with E-state index in [1.807, 2.05) is 18.2 Å². The Balaban J connectivity index is 2.51. The first-order valence-electron chi connectivity index (χ1n) is 6.22. The lowest BCUT2D eigenvalue weighted by Crippen LogP contribution is -2.19. The van der Waals surface area contributed by atoms with E-state index in [1.165, 1.54) is 5.56 Å². The average molecular weight is 237 g/mol. The zero-order valence-corrected chi connectivity index (χ0v) is 11.0. The van der Waals surface area contributed by atoms with Crippen molar-refractivity contribution >= 4 is 0 Å². The fourth-order valence-electron chi connectivity index (χ4n) is 1.46. The van der Waals surface area contributed by atoms with Crippen LogP contribution in [0.15, 0.2) is 24.3 Å². The number of nitrogens with one attached hydrogen (secondary N) is 1. The molecule has 1 N–H and O–H groups in total. The molecule has 0 aliphatic heterocycles. The van der Waals surface area contributed by atoms with Crippen molar-refractivity contribution in [3.05, 3.63) is 29.8 Å². The third kappa shape index (κ3) is 5.20. The lowest BCUT2D eigenvalue weighted by atomic mass is 10.2. The Bertz CT molecular complexity index is 315. The minimum Gasteiger partial charge on any atom is -0.490 e. The van der Waals surface area contributed by atoms with Gasteiger partial charge in [0.15, 0.2) is 0 Å². The third-order valence-electron chi connectivity index (χ3n) is 2.67. The van der Waals surface area contributed by atoms with E-state index < -0.39 is 0 Å². The van der Waals surface area contributed by atoms with Crippen LogP contribution in [-0.4, -0.2) is 26.4 Å². The van der Waals surface area contributed by atoms with Gasteiger partial charge < -0.3 is 14.8 Å². The summed E-state index contributed by atoms with van der Waals surface area (Å²) in [4.78, 5) is 0. The second-order valence-electron chi connectivity index (χ2n) is 4.11. The molecule has 3 heteroatoms. The maximum atomic E-state index is 5.88. The van der Waals surface area contributed by atoms with Gasteiger partial charge in [0.1, 0.15) is 5.75 Å². The molecule has 0 fully saturated rings. The van der Waals surface area contributed by atoms with Crippen molar-refractivity contribution in [2.24, 2.45) is 0 Å². The van der Waals surface area contributed by atoms with E-state index in [2.05, 4.69) is 25.2 Å². The van der Waals surface area contributed by atoms with Gasteiger partial charge in [-0.3, -0.25) is 0 Å². The van der Waals surface area contributed by atoms with Crippen molar-refractivity contribution in [2.75, 3.05) is 20.3 Å². The quantitative estimate of drug-likeness (QED) is 0.705. The summed E-state index contributed by atoms with van der Waals surface area (Å²) < 4.78 is 10.9. The van der Waals surface area contributed by atoms with Gasteiger partial charge in [-0.05, 0) is 19.4 Å². The topological polar surface area (TPSA) is 30.5 Å². The molecule has 0 bridgehead atoms. The molecule has 0 saturated heterocycles. The molecular formula is C14H23NO2. The summed E-state index contributed by atoms with van der Waals surface area (Å²) in [6.45, 7) is 6.62. The lowest BCUT2D eigenvalue weighted by Gasteiger charge is -2.16. The van der Waals surface area contributed by atoms with Crippen molar-refractivity contribution in [3.63, 3.8) is 0 Å². The number of rotatable bonds is 8. The number of hydrogen-bond acceptors (Lipinski definition) is 3. The number of ether oxygens (including phenoxy) is 2. The Morgan fingerprint density at radius 3 is 2.76 bits per heavy atom. The van der Waals surface area contributed by atoms with Gasteiger partial charge >= 0.3 is 0 Å². The Kier molecular flexibility index (Phi) is 6.67. The van der Waals surface area contributed by atoms with Crippen LogP contribution in [0.3, 0.4) is 0 Å². The molecule has 0 spiro atoms. The molecule has 1 aromatic carbocycles. The molecule has 0 aliphatic rings. The van der Waals surface area contributed by atoms with Crippen LogP contribution in [0.2, 0.25) is 0 Å². The summed E-state index contributed by atoms with van der Waals surface area (Å²) in [5, 5.41) is 3.33. The summed E-state index contributed by atoms with van der Waals surface area (Å²) in [6.07, 6.45) is 1.28. The van der Waals surface area contributed by atoms with Gasteiger partial charge in [-0.15, -0.1) is 0 Å². The highest BCUT2D eigenvalue weighted by Crippen LogP contribution is 2.19. The molecule has 0 amide bonds. The largest absolute Gasteiger partial charge is 0.490 e. The van der Waals surface area contributed by atoms with Crippen LogP contribution in [0.5, 0.6) is 5.75 Å². The van der Waals surface area contributed by atoms with E-state index in [9.17, 15) is 0 Å². The van der Waals surface area contributed by atoms with Crippen molar-refractivity contribution in [3.8, 4) is 5.75 Å². The zero-order chi connectivity index (χ0) is 12.5. The minimum atomic E-state index is 0.259.